The normalized spacial score (nSPS) is 17.0. The molecule has 1 aliphatic carbocycles. The number of piperazine rings is 1. The first-order valence-corrected chi connectivity index (χ1v) is 13.3. The molecule has 2 fully saturated rings. The van der Waals surface area contributed by atoms with Gasteiger partial charge in [-0.3, -0.25) is 4.90 Å². The predicted octanol–water partition coefficient (Wildman–Crippen LogP) is 4.93. The van der Waals surface area contributed by atoms with E-state index in [9.17, 15) is 14.3 Å². The minimum Gasteiger partial charge on any atom is -0.476 e. The quantitative estimate of drug-likeness (QED) is 0.460. The first-order chi connectivity index (χ1) is 16.3. The van der Waals surface area contributed by atoms with Gasteiger partial charge in [-0.15, -0.1) is 11.8 Å². The van der Waals surface area contributed by atoms with Crippen molar-refractivity contribution < 1.29 is 14.3 Å². The molecule has 3 heterocycles. The van der Waals surface area contributed by atoms with Gasteiger partial charge in [-0.1, -0.05) is 37.3 Å². The third kappa shape index (κ3) is 4.58. The van der Waals surface area contributed by atoms with Gasteiger partial charge in [0.2, 0.25) is 5.13 Å². The zero-order valence-corrected chi connectivity index (χ0v) is 21.1. The van der Waals surface area contributed by atoms with Crippen LogP contribution in [0.1, 0.15) is 42.9 Å². The van der Waals surface area contributed by atoms with Crippen LogP contribution in [0.4, 0.5) is 10.2 Å². The summed E-state index contributed by atoms with van der Waals surface area (Å²) < 4.78 is 16.4. The molecule has 0 atom stereocenters. The summed E-state index contributed by atoms with van der Waals surface area (Å²) in [6.07, 6.45) is 2.61. The highest BCUT2D eigenvalue weighted by Crippen LogP contribution is 2.41. The number of carboxylic acid groups (broad SMARTS) is 1. The first-order valence-electron chi connectivity index (χ1n) is 11.6. The van der Waals surface area contributed by atoms with Crippen molar-refractivity contribution in [3.63, 3.8) is 0 Å². The third-order valence-corrected chi connectivity index (χ3v) is 8.37. The number of carbonyl (C=O) groups is 1. The van der Waals surface area contributed by atoms with Gasteiger partial charge in [0.1, 0.15) is 10.0 Å². The third-order valence-electron chi connectivity index (χ3n) is 6.15. The van der Waals surface area contributed by atoms with Gasteiger partial charge in [-0.2, -0.15) is 14.8 Å². The lowest BCUT2D eigenvalue weighted by molar-refractivity contribution is 0.0688. The molecule has 34 heavy (non-hydrogen) atoms. The maximum Gasteiger partial charge on any atom is 0.355 e. The van der Waals surface area contributed by atoms with Gasteiger partial charge in [-0.05, 0) is 37.5 Å². The van der Waals surface area contributed by atoms with E-state index in [0.29, 0.717) is 27.2 Å². The Balaban J connectivity index is 1.54. The van der Waals surface area contributed by atoms with Crippen LogP contribution >= 0.6 is 23.1 Å². The molecule has 1 N–H and O–H groups in total. The molecule has 1 aromatic carbocycles. The van der Waals surface area contributed by atoms with E-state index in [4.69, 9.17) is 4.98 Å². The number of aryl methyl sites for hydroxylation is 1. The molecule has 2 aliphatic rings. The van der Waals surface area contributed by atoms with E-state index in [1.807, 2.05) is 0 Å². The molecule has 180 valence electrons. The fraction of sp³-hybridized carbons (Fsp3) is 0.458. The lowest BCUT2D eigenvalue weighted by atomic mass is 10.0. The lowest BCUT2D eigenvalue weighted by Gasteiger charge is -2.35. The highest BCUT2D eigenvalue weighted by atomic mass is 32.2. The summed E-state index contributed by atoms with van der Waals surface area (Å²) in [5, 5.41) is 15.5. The number of nitrogens with zero attached hydrogens (tertiary/aromatic N) is 5. The van der Waals surface area contributed by atoms with Crippen molar-refractivity contribution in [2.24, 2.45) is 0 Å². The van der Waals surface area contributed by atoms with E-state index in [-0.39, 0.29) is 5.69 Å². The van der Waals surface area contributed by atoms with Crippen molar-refractivity contribution in [1.82, 2.24) is 19.7 Å². The maximum absolute atomic E-state index is 13.9. The van der Waals surface area contributed by atoms with Gasteiger partial charge in [0.15, 0.2) is 11.5 Å². The van der Waals surface area contributed by atoms with Crippen molar-refractivity contribution in [3.8, 4) is 16.3 Å². The predicted molar refractivity (Wildman–Crippen MR) is 134 cm³/mol. The van der Waals surface area contributed by atoms with E-state index in [1.165, 1.54) is 41.0 Å². The largest absolute Gasteiger partial charge is 0.476 e. The summed E-state index contributed by atoms with van der Waals surface area (Å²) in [6.45, 7) is 9.89. The van der Waals surface area contributed by atoms with E-state index in [0.717, 1.165) is 42.2 Å². The highest BCUT2D eigenvalue weighted by molar-refractivity contribution is 8.01. The van der Waals surface area contributed by atoms with Crippen LogP contribution in [0.5, 0.6) is 0 Å². The number of thiazole rings is 1. The molecule has 1 saturated carbocycles. The molecule has 0 radical (unpaired) electrons. The Morgan fingerprint density at radius 3 is 2.59 bits per heavy atom. The van der Waals surface area contributed by atoms with Gasteiger partial charge in [0.05, 0.1) is 5.69 Å². The average Bonchev–Trinajstić information content (AvgIpc) is 3.47. The van der Waals surface area contributed by atoms with Crippen LogP contribution in [-0.2, 0) is 0 Å². The summed E-state index contributed by atoms with van der Waals surface area (Å²) in [5.41, 5.74) is 1.43. The van der Waals surface area contributed by atoms with Crippen molar-refractivity contribution >= 4 is 34.9 Å². The second-order valence-corrected chi connectivity index (χ2v) is 11.9. The average molecular weight is 502 g/mol. The van der Waals surface area contributed by atoms with E-state index in [1.54, 1.807) is 30.8 Å². The van der Waals surface area contributed by atoms with Crippen LogP contribution in [0.15, 0.2) is 28.5 Å². The summed E-state index contributed by atoms with van der Waals surface area (Å²) >= 11 is 3.21. The summed E-state index contributed by atoms with van der Waals surface area (Å²) in [7, 11) is 0. The van der Waals surface area contributed by atoms with Gasteiger partial charge >= 0.3 is 5.97 Å². The number of anilines is 1. The molecule has 0 unspecified atom stereocenters. The van der Waals surface area contributed by atoms with Crippen LogP contribution in [0.3, 0.4) is 0 Å². The van der Waals surface area contributed by atoms with Crippen molar-refractivity contribution in [3.05, 3.63) is 41.5 Å². The van der Waals surface area contributed by atoms with Crippen LogP contribution < -0.4 is 4.90 Å². The Morgan fingerprint density at radius 2 is 1.97 bits per heavy atom. The molecule has 1 aliphatic heterocycles. The minimum absolute atomic E-state index is 0.00282. The molecular formula is C24H28FN5O2S2. The monoisotopic (exact) mass is 501 g/mol. The topological polar surface area (TPSA) is 74.5 Å². The van der Waals surface area contributed by atoms with Crippen LogP contribution in [0.2, 0.25) is 0 Å². The van der Waals surface area contributed by atoms with Gasteiger partial charge in [-0.25, -0.2) is 9.18 Å². The Morgan fingerprint density at radius 1 is 1.24 bits per heavy atom. The molecule has 5 rings (SSSR count). The molecule has 3 aromatic rings. The second-order valence-electron chi connectivity index (χ2n) is 9.06. The number of hydrogen-bond donors (Lipinski definition) is 1. The Kier molecular flexibility index (Phi) is 6.39. The minimum atomic E-state index is -1.12. The van der Waals surface area contributed by atoms with Crippen molar-refractivity contribution in [2.75, 3.05) is 31.1 Å². The Bertz CT molecular complexity index is 1210. The summed E-state index contributed by atoms with van der Waals surface area (Å²) in [4.78, 5) is 22.2. The number of halogens is 1. The zero-order valence-electron chi connectivity index (χ0n) is 19.5. The lowest BCUT2D eigenvalue weighted by Crippen LogP contribution is -2.47. The van der Waals surface area contributed by atoms with E-state index >= 15 is 0 Å². The second kappa shape index (κ2) is 9.31. The van der Waals surface area contributed by atoms with Crippen LogP contribution in [0, 0.1) is 12.7 Å². The number of hydrogen-bond acceptors (Lipinski definition) is 7. The molecule has 2 aromatic heterocycles. The number of thioether (sulfide) groups is 1. The van der Waals surface area contributed by atoms with Crippen LogP contribution in [0.25, 0.3) is 16.3 Å². The van der Waals surface area contributed by atoms with Gasteiger partial charge in [0.25, 0.3) is 0 Å². The Hall–Kier alpha value is -2.43. The molecule has 0 spiro atoms. The number of aromatic nitrogens is 3. The number of benzene rings is 1. The Labute approximate surface area is 206 Å². The molecule has 1 saturated heterocycles. The molecule has 7 nitrogen and oxygen atoms in total. The van der Waals surface area contributed by atoms with Crippen molar-refractivity contribution in [1.29, 1.82) is 0 Å². The number of aromatic carboxylic acids is 1. The van der Waals surface area contributed by atoms with E-state index < -0.39 is 11.8 Å². The van der Waals surface area contributed by atoms with Gasteiger partial charge < -0.3 is 10.0 Å². The number of rotatable bonds is 7. The van der Waals surface area contributed by atoms with E-state index in [2.05, 4.69) is 28.7 Å². The fourth-order valence-electron chi connectivity index (χ4n) is 4.46. The standard InChI is InChI=1S/C24H28FN5O2S2/c1-14(2)33-23-21(29-11-9-28(10-12-29)18-7-8-18)26-24(34-23)30-20(22(31)32)19(15(3)27-30)16-5-4-6-17(25)13-16/h4-6,13-14,18H,7-12H2,1-3H3,(H,31,32). The molecule has 0 amide bonds. The van der Waals surface area contributed by atoms with Gasteiger partial charge in [0, 0.05) is 43.0 Å². The van der Waals surface area contributed by atoms with Crippen molar-refractivity contribution in [2.45, 2.75) is 49.1 Å². The first kappa shape index (κ1) is 23.3. The number of carboxylic acids is 1. The van der Waals surface area contributed by atoms with Crippen LogP contribution in [-0.4, -0.2) is 68.2 Å². The highest BCUT2D eigenvalue weighted by Gasteiger charge is 2.33. The molecule has 0 bridgehead atoms. The molecular weight excluding hydrogens is 473 g/mol. The molecule has 10 heteroatoms. The zero-order chi connectivity index (χ0) is 24.0. The summed E-state index contributed by atoms with van der Waals surface area (Å²) in [5.74, 6) is -0.628. The smallest absolute Gasteiger partial charge is 0.355 e. The fourth-order valence-corrected chi connectivity index (χ4v) is 6.94. The maximum atomic E-state index is 13.9. The SMILES string of the molecule is Cc1nn(-c2nc(N3CCN(C4CC4)CC3)c(SC(C)C)s2)c(C(=O)O)c1-c1cccc(F)c1. The summed E-state index contributed by atoms with van der Waals surface area (Å²) in [6, 6.07) is 6.72.